The Morgan fingerprint density at radius 3 is 2.82 bits per heavy atom. The Balaban J connectivity index is 2.53. The van der Waals surface area contributed by atoms with Gasteiger partial charge in [0.2, 0.25) is 0 Å². The van der Waals surface area contributed by atoms with Crippen molar-refractivity contribution in [1.82, 2.24) is 0 Å². The Morgan fingerprint density at radius 2 is 2.12 bits per heavy atom. The molecule has 0 bridgehead atoms. The summed E-state index contributed by atoms with van der Waals surface area (Å²) in [5.74, 6) is -0.263. The first kappa shape index (κ1) is 12.1. The molecule has 0 spiro atoms. The first-order chi connectivity index (χ1) is 8.27. The van der Waals surface area contributed by atoms with Crippen LogP contribution in [0.15, 0.2) is 24.3 Å². The van der Waals surface area contributed by atoms with E-state index in [1.165, 1.54) is 11.3 Å². The van der Waals surface area contributed by atoms with Gasteiger partial charge in [-0.2, -0.15) is 0 Å². The summed E-state index contributed by atoms with van der Waals surface area (Å²) in [5.41, 5.74) is 0.923. The SMILES string of the molecule is CCOC(=O)c1sc2ccccc2c1COC. The number of hydrogen-bond acceptors (Lipinski definition) is 4. The highest BCUT2D eigenvalue weighted by Gasteiger charge is 2.18. The highest BCUT2D eigenvalue weighted by atomic mass is 32.1. The maximum Gasteiger partial charge on any atom is 0.348 e. The molecular weight excluding hydrogens is 236 g/mol. The van der Waals surface area contributed by atoms with Crippen molar-refractivity contribution in [1.29, 1.82) is 0 Å². The minimum absolute atomic E-state index is 0.263. The lowest BCUT2D eigenvalue weighted by atomic mass is 10.1. The molecule has 0 aliphatic heterocycles. The number of benzene rings is 1. The first-order valence-electron chi connectivity index (χ1n) is 5.44. The molecule has 2 rings (SSSR count). The van der Waals surface area contributed by atoms with Gasteiger partial charge in [-0.25, -0.2) is 4.79 Å². The van der Waals surface area contributed by atoms with E-state index < -0.39 is 0 Å². The van der Waals surface area contributed by atoms with Crippen LogP contribution >= 0.6 is 11.3 Å². The second kappa shape index (κ2) is 5.29. The standard InChI is InChI=1S/C13H14O3S/c1-3-16-13(14)12-10(8-15-2)9-6-4-5-7-11(9)17-12/h4-7H,3,8H2,1-2H3. The van der Waals surface area contributed by atoms with Crippen molar-refractivity contribution in [2.45, 2.75) is 13.5 Å². The van der Waals surface area contributed by atoms with Crippen LogP contribution < -0.4 is 0 Å². The van der Waals surface area contributed by atoms with E-state index in [9.17, 15) is 4.79 Å². The second-order valence-corrected chi connectivity index (χ2v) is 4.61. The third-order valence-electron chi connectivity index (χ3n) is 2.45. The van der Waals surface area contributed by atoms with Gasteiger partial charge >= 0.3 is 5.97 Å². The highest BCUT2D eigenvalue weighted by Crippen LogP contribution is 2.32. The summed E-state index contributed by atoms with van der Waals surface area (Å²) in [6.45, 7) is 2.62. The average molecular weight is 250 g/mol. The highest BCUT2D eigenvalue weighted by molar-refractivity contribution is 7.21. The van der Waals surface area contributed by atoms with Crippen molar-refractivity contribution in [2.24, 2.45) is 0 Å². The molecule has 90 valence electrons. The van der Waals surface area contributed by atoms with E-state index in [-0.39, 0.29) is 5.97 Å². The van der Waals surface area contributed by atoms with E-state index in [0.717, 1.165) is 15.6 Å². The lowest BCUT2D eigenvalue weighted by molar-refractivity contribution is 0.0528. The fourth-order valence-electron chi connectivity index (χ4n) is 1.75. The minimum Gasteiger partial charge on any atom is -0.462 e. The molecule has 1 aromatic heterocycles. The number of carbonyl (C=O) groups is 1. The zero-order valence-electron chi connectivity index (χ0n) is 9.86. The molecule has 4 heteroatoms. The number of esters is 1. The van der Waals surface area contributed by atoms with Crippen LogP contribution in [-0.4, -0.2) is 19.7 Å². The van der Waals surface area contributed by atoms with Gasteiger partial charge in [0.25, 0.3) is 0 Å². The Bertz CT molecular complexity index is 530. The molecule has 0 amide bonds. The lowest BCUT2D eigenvalue weighted by Gasteiger charge is -2.03. The Hall–Kier alpha value is -1.39. The zero-order valence-corrected chi connectivity index (χ0v) is 10.7. The van der Waals surface area contributed by atoms with Crippen LogP contribution in [0.25, 0.3) is 10.1 Å². The summed E-state index contributed by atoms with van der Waals surface area (Å²) in [6, 6.07) is 7.93. The average Bonchev–Trinajstić information content (AvgIpc) is 2.70. The van der Waals surface area contributed by atoms with Gasteiger partial charge in [-0.3, -0.25) is 0 Å². The van der Waals surface area contributed by atoms with Crippen molar-refractivity contribution < 1.29 is 14.3 Å². The smallest absolute Gasteiger partial charge is 0.348 e. The van der Waals surface area contributed by atoms with Crippen LogP contribution in [0.5, 0.6) is 0 Å². The van der Waals surface area contributed by atoms with E-state index in [1.807, 2.05) is 24.3 Å². The molecule has 1 aromatic carbocycles. The van der Waals surface area contributed by atoms with Crippen LogP contribution in [-0.2, 0) is 16.1 Å². The van der Waals surface area contributed by atoms with E-state index in [0.29, 0.717) is 18.1 Å². The molecule has 0 aliphatic rings. The molecule has 0 saturated heterocycles. The summed E-state index contributed by atoms with van der Waals surface area (Å²) in [5, 5.41) is 1.07. The number of hydrogen-bond donors (Lipinski definition) is 0. The molecule has 3 nitrogen and oxygen atoms in total. The van der Waals surface area contributed by atoms with Gasteiger partial charge < -0.3 is 9.47 Å². The maximum absolute atomic E-state index is 11.8. The van der Waals surface area contributed by atoms with Crippen LogP contribution in [0.1, 0.15) is 22.2 Å². The molecular formula is C13H14O3S. The molecule has 0 fully saturated rings. The predicted octanol–water partition coefficient (Wildman–Crippen LogP) is 3.22. The van der Waals surface area contributed by atoms with Gasteiger partial charge in [0.1, 0.15) is 4.88 Å². The van der Waals surface area contributed by atoms with Crippen molar-refractivity contribution in [3.63, 3.8) is 0 Å². The van der Waals surface area contributed by atoms with Crippen molar-refractivity contribution in [2.75, 3.05) is 13.7 Å². The predicted molar refractivity (Wildman–Crippen MR) is 68.5 cm³/mol. The maximum atomic E-state index is 11.8. The first-order valence-corrected chi connectivity index (χ1v) is 6.26. The largest absolute Gasteiger partial charge is 0.462 e. The second-order valence-electron chi connectivity index (χ2n) is 3.56. The summed E-state index contributed by atoms with van der Waals surface area (Å²) in [4.78, 5) is 12.5. The lowest BCUT2D eigenvalue weighted by Crippen LogP contribution is -2.05. The Labute approximate surface area is 104 Å². The van der Waals surface area contributed by atoms with Crippen LogP contribution in [0.2, 0.25) is 0 Å². The van der Waals surface area contributed by atoms with Crippen molar-refractivity contribution in [3.8, 4) is 0 Å². The fraction of sp³-hybridized carbons (Fsp3) is 0.308. The Morgan fingerprint density at radius 1 is 1.35 bits per heavy atom. The molecule has 0 saturated carbocycles. The van der Waals surface area contributed by atoms with Gasteiger partial charge in [0.05, 0.1) is 13.2 Å². The fourth-order valence-corrected chi connectivity index (χ4v) is 2.85. The number of carbonyl (C=O) groups excluding carboxylic acids is 1. The molecule has 1 heterocycles. The van der Waals surface area contributed by atoms with E-state index in [2.05, 4.69) is 0 Å². The van der Waals surface area contributed by atoms with E-state index in [4.69, 9.17) is 9.47 Å². The quantitative estimate of drug-likeness (QED) is 0.781. The topological polar surface area (TPSA) is 35.5 Å². The van der Waals surface area contributed by atoms with Crippen LogP contribution in [0, 0.1) is 0 Å². The normalized spacial score (nSPS) is 10.7. The number of rotatable bonds is 4. The molecule has 17 heavy (non-hydrogen) atoms. The summed E-state index contributed by atoms with van der Waals surface area (Å²) >= 11 is 1.46. The molecule has 2 aromatic rings. The van der Waals surface area contributed by atoms with Crippen LogP contribution in [0.4, 0.5) is 0 Å². The van der Waals surface area contributed by atoms with Gasteiger partial charge in [-0.1, -0.05) is 18.2 Å². The molecule has 0 unspecified atom stereocenters. The van der Waals surface area contributed by atoms with Gasteiger partial charge in [0, 0.05) is 17.4 Å². The summed E-state index contributed by atoms with van der Waals surface area (Å²) in [6.07, 6.45) is 0. The number of methoxy groups -OCH3 is 1. The minimum atomic E-state index is -0.263. The molecule has 0 radical (unpaired) electrons. The number of ether oxygens (including phenoxy) is 2. The monoisotopic (exact) mass is 250 g/mol. The number of fused-ring (bicyclic) bond motifs is 1. The van der Waals surface area contributed by atoms with E-state index in [1.54, 1.807) is 14.0 Å². The van der Waals surface area contributed by atoms with E-state index >= 15 is 0 Å². The number of thiophene rings is 1. The van der Waals surface area contributed by atoms with Crippen molar-refractivity contribution in [3.05, 3.63) is 34.7 Å². The Kier molecular flexibility index (Phi) is 3.76. The third-order valence-corrected chi connectivity index (χ3v) is 3.64. The summed E-state index contributed by atoms with van der Waals surface area (Å²) < 4.78 is 11.3. The third kappa shape index (κ3) is 2.33. The molecule has 0 aliphatic carbocycles. The van der Waals surface area contributed by atoms with Crippen LogP contribution in [0.3, 0.4) is 0 Å². The van der Waals surface area contributed by atoms with Gasteiger partial charge in [-0.15, -0.1) is 11.3 Å². The van der Waals surface area contributed by atoms with Gasteiger partial charge in [-0.05, 0) is 18.4 Å². The van der Waals surface area contributed by atoms with Crippen molar-refractivity contribution >= 4 is 27.4 Å². The zero-order chi connectivity index (χ0) is 12.3. The molecule has 0 N–H and O–H groups in total. The molecule has 0 atom stereocenters. The summed E-state index contributed by atoms with van der Waals surface area (Å²) in [7, 11) is 1.63. The van der Waals surface area contributed by atoms with Gasteiger partial charge in [0.15, 0.2) is 0 Å².